The number of hydrogen-bond donors (Lipinski definition) is 5. The number of Topliss-reactive ketones (excluding diaryl/α,β-unsaturated/α-hetero) is 2. The summed E-state index contributed by atoms with van der Waals surface area (Å²) in [5.41, 5.74) is 1.53. The summed E-state index contributed by atoms with van der Waals surface area (Å²) in [6.07, 6.45) is 5.14. The Morgan fingerprint density at radius 3 is 2.18 bits per heavy atom. The maximum atomic E-state index is 14.4. The molecule has 7 aliphatic carbocycles. The van der Waals surface area contributed by atoms with Gasteiger partial charge in [0.05, 0.1) is 23.9 Å². The van der Waals surface area contributed by atoms with Crippen LogP contribution in [0.15, 0.2) is 35.1 Å². The molecule has 5 fully saturated rings. The average Bonchev–Trinajstić information content (AvgIpc) is 2.93. The van der Waals surface area contributed by atoms with Crippen LogP contribution in [0.5, 0.6) is 5.75 Å². The van der Waals surface area contributed by atoms with Crippen LogP contribution >= 0.6 is 0 Å². The van der Waals surface area contributed by atoms with Crippen LogP contribution < -0.4 is 5.73 Å². The second kappa shape index (κ2) is 9.90. The van der Waals surface area contributed by atoms with Crippen molar-refractivity contribution in [3.63, 3.8) is 0 Å². The van der Waals surface area contributed by atoms with E-state index in [1.807, 2.05) is 0 Å². The molecule has 0 radical (unpaired) electrons. The van der Waals surface area contributed by atoms with Crippen LogP contribution in [0.4, 0.5) is 0 Å². The first-order chi connectivity index (χ1) is 21.2. The molecule has 1 amide bonds. The summed E-state index contributed by atoms with van der Waals surface area (Å²) in [7, 11) is 3.03. The number of aliphatic hydroxyl groups excluding tert-OH is 2. The third-order valence-corrected chi connectivity index (χ3v) is 11.9. The Morgan fingerprint density at radius 1 is 1.02 bits per heavy atom. The number of nitrogens with zero attached hydrogens (tertiary/aromatic N) is 1. The fraction of sp³-hybridized carbons (Fsp3) is 0.588. The first kappa shape index (κ1) is 30.0. The van der Waals surface area contributed by atoms with E-state index in [-0.39, 0.29) is 28.7 Å². The summed E-state index contributed by atoms with van der Waals surface area (Å²) in [6.45, 7) is 1.76. The first-order valence-electron chi connectivity index (χ1n) is 15.8. The highest BCUT2D eigenvalue weighted by Crippen LogP contribution is 2.62. The molecule has 4 bridgehead atoms. The Bertz CT molecular complexity index is 1570. The van der Waals surface area contributed by atoms with Gasteiger partial charge in [0.15, 0.2) is 11.4 Å². The van der Waals surface area contributed by atoms with E-state index in [9.17, 15) is 39.6 Å². The zero-order valence-corrected chi connectivity index (χ0v) is 25.7. The van der Waals surface area contributed by atoms with Crippen LogP contribution in [-0.2, 0) is 23.9 Å². The van der Waals surface area contributed by atoms with Gasteiger partial charge < -0.3 is 30.9 Å². The molecule has 6 N–H and O–H groups in total. The number of aromatic hydroxyl groups is 1. The van der Waals surface area contributed by atoms with E-state index in [0.29, 0.717) is 23.3 Å². The Labute approximate surface area is 260 Å². The van der Waals surface area contributed by atoms with Gasteiger partial charge in [-0.2, -0.15) is 0 Å². The van der Waals surface area contributed by atoms with Gasteiger partial charge >= 0.3 is 5.97 Å². The van der Waals surface area contributed by atoms with E-state index in [1.165, 1.54) is 44.3 Å². The van der Waals surface area contributed by atoms with Gasteiger partial charge in [0, 0.05) is 11.5 Å². The number of hydrogen-bond acceptors (Lipinski definition) is 10. The van der Waals surface area contributed by atoms with Crippen molar-refractivity contribution in [1.29, 1.82) is 0 Å². The quantitative estimate of drug-likeness (QED) is 0.242. The number of benzene rings is 1. The summed E-state index contributed by atoms with van der Waals surface area (Å²) in [5, 5.41) is 45.9. The van der Waals surface area contributed by atoms with Crippen LogP contribution in [0.3, 0.4) is 0 Å². The lowest BCUT2D eigenvalue weighted by molar-refractivity contribution is -0.188. The number of rotatable bonds is 5. The Hall–Kier alpha value is -3.70. The molecule has 8 rings (SSSR count). The van der Waals surface area contributed by atoms with Crippen LogP contribution in [0.2, 0.25) is 0 Å². The van der Waals surface area contributed by atoms with Crippen molar-refractivity contribution in [1.82, 2.24) is 4.90 Å². The molecule has 11 nitrogen and oxygen atoms in total. The van der Waals surface area contributed by atoms with Crippen molar-refractivity contribution < 1.29 is 44.3 Å². The van der Waals surface area contributed by atoms with E-state index in [2.05, 4.69) is 0 Å². The third kappa shape index (κ3) is 4.08. The number of aliphatic hydroxyl groups is 3. The van der Waals surface area contributed by atoms with Crippen LogP contribution in [0, 0.1) is 35.0 Å². The molecule has 6 atom stereocenters. The smallest absolute Gasteiger partial charge is 0.306 e. The lowest BCUT2D eigenvalue weighted by Gasteiger charge is -2.57. The number of carbonyl (C=O) groups is 4. The Kier molecular flexibility index (Phi) is 6.59. The van der Waals surface area contributed by atoms with Gasteiger partial charge in [-0.1, -0.05) is 19.1 Å². The largest absolute Gasteiger partial charge is 0.508 e. The van der Waals surface area contributed by atoms with Gasteiger partial charge in [0.2, 0.25) is 5.78 Å². The minimum atomic E-state index is -2.94. The zero-order chi connectivity index (χ0) is 32.3. The zero-order valence-electron chi connectivity index (χ0n) is 25.7. The lowest BCUT2D eigenvalue weighted by atomic mass is 9.49. The number of carbonyl (C=O) groups excluding carboxylic acids is 4. The second-order valence-corrected chi connectivity index (χ2v) is 14.8. The number of fused-ring (bicyclic) bond motifs is 3. The summed E-state index contributed by atoms with van der Waals surface area (Å²) in [5.74, 6) is -7.58. The van der Waals surface area contributed by atoms with Crippen molar-refractivity contribution in [2.24, 2.45) is 40.7 Å². The minimum Gasteiger partial charge on any atom is -0.508 e. The first-order valence-corrected chi connectivity index (χ1v) is 15.8. The fourth-order valence-electron chi connectivity index (χ4n) is 10.7. The van der Waals surface area contributed by atoms with Crippen molar-refractivity contribution in [2.45, 2.75) is 75.5 Å². The predicted molar refractivity (Wildman–Crippen MR) is 159 cm³/mol. The normalized spacial score (nSPS) is 39.9. The van der Waals surface area contributed by atoms with Gasteiger partial charge in [-0.05, 0) is 93.3 Å². The van der Waals surface area contributed by atoms with E-state index in [4.69, 9.17) is 10.5 Å². The molecule has 7 aliphatic rings. The molecule has 1 aromatic carbocycles. The van der Waals surface area contributed by atoms with E-state index in [0.717, 1.165) is 19.3 Å². The van der Waals surface area contributed by atoms with Crippen LogP contribution in [-0.4, -0.2) is 80.6 Å². The standard InChI is InChI=1S/C34H40N2O9/c1-14-18-5-4-6-19(37)22(18)27(39)23-21(14)29(45-20(38)13-33-10-15-7-16(11-33)9-17(8-15)12-33)25-26(36(2)3)28(40)24(32(35)43)31(42)34(25,44)30(23)41/h4-6,14-17,21,25-26,29,37,39,42,44H,7-13H2,1-3H3,(H2,35,43)/t14-,15?,16?,17?,21+,25-,26+,29+,33?,34+/m1/s1. The molecule has 0 aliphatic heterocycles. The molecule has 11 heteroatoms. The highest BCUT2D eigenvalue weighted by Gasteiger charge is 2.69. The number of primary amides is 1. The van der Waals surface area contributed by atoms with Gasteiger partial charge in [-0.25, -0.2) is 0 Å². The number of likely N-dealkylation sites (N-methyl/N-ethyl adjacent to an activating group) is 1. The summed E-state index contributed by atoms with van der Waals surface area (Å²) in [6, 6.07) is 3.24. The SMILES string of the molecule is C[C@@H]1c2cccc(O)c2C(O)=C2C(=O)[C@]3(O)C(O)=C(C(N)=O)C(=O)[C@@H](N(C)C)[C@@H]3[C@@H](OC(=O)CC34CC5CC(CC(C5)C3)C4)[C@H]21. The Morgan fingerprint density at radius 2 is 1.62 bits per heavy atom. The molecular formula is C34H40N2O9. The highest BCUT2D eigenvalue weighted by molar-refractivity contribution is 6.24. The molecule has 1 aromatic rings. The molecule has 0 aromatic heterocycles. The van der Waals surface area contributed by atoms with E-state index in [1.54, 1.807) is 19.1 Å². The molecular weight excluding hydrogens is 580 g/mol. The van der Waals surface area contributed by atoms with Crippen molar-refractivity contribution in [3.05, 3.63) is 46.2 Å². The van der Waals surface area contributed by atoms with Gasteiger partial charge in [0.1, 0.15) is 28.9 Å². The molecule has 0 heterocycles. The number of esters is 1. The lowest BCUT2D eigenvalue weighted by Crippen LogP contribution is -2.71. The molecule has 240 valence electrons. The average molecular weight is 621 g/mol. The highest BCUT2D eigenvalue weighted by atomic mass is 16.5. The number of ether oxygens (including phenoxy) is 1. The number of phenolic OH excluding ortho intramolecular Hbond substituents is 1. The van der Waals surface area contributed by atoms with Crippen molar-refractivity contribution in [2.75, 3.05) is 14.1 Å². The fourth-order valence-corrected chi connectivity index (χ4v) is 10.7. The molecule has 45 heavy (non-hydrogen) atoms. The molecule has 5 saturated carbocycles. The number of ketones is 2. The predicted octanol–water partition coefficient (Wildman–Crippen LogP) is 2.65. The van der Waals surface area contributed by atoms with Crippen LogP contribution in [0.1, 0.15) is 68.9 Å². The monoisotopic (exact) mass is 620 g/mol. The van der Waals surface area contributed by atoms with Crippen LogP contribution in [0.25, 0.3) is 5.76 Å². The molecule has 0 spiro atoms. The summed E-state index contributed by atoms with van der Waals surface area (Å²) < 4.78 is 6.33. The Balaban J connectivity index is 1.38. The summed E-state index contributed by atoms with van der Waals surface area (Å²) >= 11 is 0. The molecule has 0 saturated heterocycles. The third-order valence-electron chi connectivity index (χ3n) is 11.9. The minimum absolute atomic E-state index is 0.0140. The van der Waals surface area contributed by atoms with Gasteiger partial charge in [-0.3, -0.25) is 24.1 Å². The number of amides is 1. The molecule has 0 unspecified atom stereocenters. The maximum absolute atomic E-state index is 14.4. The summed E-state index contributed by atoms with van der Waals surface area (Å²) in [4.78, 5) is 56.1. The number of nitrogens with two attached hydrogens (primary N) is 1. The second-order valence-electron chi connectivity index (χ2n) is 14.8. The van der Waals surface area contributed by atoms with Crippen molar-refractivity contribution >= 4 is 29.2 Å². The van der Waals surface area contributed by atoms with E-state index < -0.39 is 76.0 Å². The van der Waals surface area contributed by atoms with Gasteiger partial charge in [-0.15, -0.1) is 0 Å². The van der Waals surface area contributed by atoms with Crippen molar-refractivity contribution in [3.8, 4) is 5.75 Å². The van der Waals surface area contributed by atoms with E-state index >= 15 is 0 Å². The van der Waals surface area contributed by atoms with Gasteiger partial charge in [0.25, 0.3) is 5.91 Å². The topological polar surface area (TPSA) is 188 Å². The maximum Gasteiger partial charge on any atom is 0.306 e. The number of phenols is 1.